The highest BCUT2D eigenvalue weighted by molar-refractivity contribution is 6.42. The van der Waals surface area contributed by atoms with E-state index in [1.54, 1.807) is 4.90 Å². The number of nitrogens with zero attached hydrogens (tertiary/aromatic N) is 2. The maximum atomic E-state index is 14.7. The summed E-state index contributed by atoms with van der Waals surface area (Å²) in [6.07, 6.45) is -3.87. The van der Waals surface area contributed by atoms with E-state index in [1.807, 2.05) is 51.1 Å². The average molecular weight is 616 g/mol. The summed E-state index contributed by atoms with van der Waals surface area (Å²) in [5.74, 6) is -1.27. The van der Waals surface area contributed by atoms with E-state index in [0.717, 1.165) is 24.8 Å². The number of alkyl halides is 3. The van der Waals surface area contributed by atoms with Crippen LogP contribution >= 0.6 is 23.2 Å². The minimum absolute atomic E-state index is 0.0691. The fraction of sp³-hybridized carbons (Fsp3) is 0.533. The predicted octanol–water partition coefficient (Wildman–Crippen LogP) is 7.43. The molecule has 2 aliphatic heterocycles. The van der Waals surface area contributed by atoms with Gasteiger partial charge in [0.2, 0.25) is 0 Å². The lowest BCUT2D eigenvalue weighted by atomic mass is 9.62. The number of halogens is 5. The molecular formula is C30H35Cl2F3N2O4. The number of carbonyl (C=O) groups is 2. The Morgan fingerprint density at radius 1 is 0.902 bits per heavy atom. The third kappa shape index (κ3) is 6.18. The molecule has 2 aliphatic rings. The first-order valence-corrected chi connectivity index (χ1v) is 14.3. The van der Waals surface area contributed by atoms with E-state index in [-0.39, 0.29) is 34.5 Å². The summed E-state index contributed by atoms with van der Waals surface area (Å²) >= 11 is 12.0. The highest BCUT2D eigenvalue weighted by atomic mass is 35.5. The van der Waals surface area contributed by atoms with Crippen molar-refractivity contribution in [1.82, 2.24) is 9.80 Å². The van der Waals surface area contributed by atoms with Crippen LogP contribution in [0, 0.1) is 5.41 Å². The number of rotatable bonds is 4. The Labute approximate surface area is 248 Å². The van der Waals surface area contributed by atoms with Crippen LogP contribution in [0.15, 0.2) is 48.5 Å². The van der Waals surface area contributed by atoms with Crippen LogP contribution in [0.2, 0.25) is 10.0 Å². The standard InChI is InChI=1S/C30H35Cl2F3N2O4/c1-27(2,3)41-26(39)37-17-14-28(22(19-37)20-8-6-5-7-9-20)12-15-36(16-13-28)25(38)29(40-4,30(33,34)35)21-10-11-23(31)24(32)18-21/h5-11,18,22H,12-17,19H2,1-4H3. The van der Waals surface area contributed by atoms with Crippen molar-refractivity contribution in [2.45, 2.75) is 63.3 Å². The molecule has 4 rings (SSSR count). The smallest absolute Gasteiger partial charge is 0.430 e. The number of ether oxygens (including phenoxy) is 2. The zero-order chi connectivity index (χ0) is 30.2. The second kappa shape index (κ2) is 11.7. The second-order valence-corrected chi connectivity index (χ2v) is 12.6. The van der Waals surface area contributed by atoms with Gasteiger partial charge in [-0.2, -0.15) is 13.2 Å². The van der Waals surface area contributed by atoms with E-state index in [0.29, 0.717) is 32.4 Å². The molecule has 0 radical (unpaired) electrons. The second-order valence-electron chi connectivity index (χ2n) is 11.8. The third-order valence-corrected chi connectivity index (χ3v) is 8.99. The maximum Gasteiger partial charge on any atom is 0.430 e. The molecule has 11 heteroatoms. The molecule has 0 aliphatic carbocycles. The fourth-order valence-electron chi connectivity index (χ4n) is 6.09. The molecule has 0 saturated carbocycles. The number of benzene rings is 2. The largest absolute Gasteiger partial charge is 0.444 e. The summed E-state index contributed by atoms with van der Waals surface area (Å²) in [7, 11) is 0.872. The molecule has 2 amide bonds. The molecule has 224 valence electrons. The van der Waals surface area contributed by atoms with Gasteiger partial charge >= 0.3 is 12.3 Å². The Balaban J connectivity index is 1.61. The highest BCUT2D eigenvalue weighted by Crippen LogP contribution is 2.52. The molecule has 0 bridgehead atoms. The van der Waals surface area contributed by atoms with Crippen LogP contribution < -0.4 is 0 Å². The van der Waals surface area contributed by atoms with Gasteiger partial charge in [0.25, 0.3) is 11.5 Å². The van der Waals surface area contributed by atoms with E-state index in [9.17, 15) is 22.8 Å². The summed E-state index contributed by atoms with van der Waals surface area (Å²) in [6.45, 7) is 6.54. The quantitative estimate of drug-likeness (QED) is 0.359. The summed E-state index contributed by atoms with van der Waals surface area (Å²) in [5.41, 5.74) is -3.57. The van der Waals surface area contributed by atoms with Gasteiger partial charge in [0.15, 0.2) is 0 Å². The third-order valence-electron chi connectivity index (χ3n) is 8.25. The van der Waals surface area contributed by atoms with Crippen molar-refractivity contribution >= 4 is 35.2 Å². The monoisotopic (exact) mass is 614 g/mol. The van der Waals surface area contributed by atoms with Gasteiger partial charge in [-0.3, -0.25) is 4.79 Å². The summed E-state index contributed by atoms with van der Waals surface area (Å²) in [5, 5.41) is -0.0395. The van der Waals surface area contributed by atoms with Gasteiger partial charge in [-0.05, 0) is 63.1 Å². The molecule has 2 unspecified atom stereocenters. The molecule has 2 aromatic rings. The number of piperidine rings is 2. The van der Waals surface area contributed by atoms with Crippen LogP contribution in [-0.4, -0.2) is 66.9 Å². The van der Waals surface area contributed by atoms with Crippen molar-refractivity contribution in [3.8, 4) is 0 Å². The molecule has 2 atom stereocenters. The van der Waals surface area contributed by atoms with E-state index in [2.05, 4.69) is 0 Å². The molecule has 0 aromatic heterocycles. The van der Waals surface area contributed by atoms with Gasteiger partial charge in [-0.1, -0.05) is 59.6 Å². The molecule has 41 heavy (non-hydrogen) atoms. The molecule has 2 saturated heterocycles. The normalized spacial score (nSPS) is 21.0. The number of carbonyl (C=O) groups excluding carboxylic acids is 2. The molecular weight excluding hydrogens is 580 g/mol. The van der Waals surface area contributed by atoms with Gasteiger partial charge in [0, 0.05) is 44.8 Å². The van der Waals surface area contributed by atoms with Crippen LogP contribution in [0.25, 0.3) is 0 Å². The van der Waals surface area contributed by atoms with Crippen LogP contribution in [-0.2, 0) is 19.9 Å². The molecule has 2 fully saturated rings. The molecule has 2 aromatic carbocycles. The predicted molar refractivity (Wildman–Crippen MR) is 151 cm³/mol. The van der Waals surface area contributed by atoms with Crippen LogP contribution in [0.5, 0.6) is 0 Å². The zero-order valence-corrected chi connectivity index (χ0v) is 25.1. The number of methoxy groups -OCH3 is 1. The summed E-state index contributed by atoms with van der Waals surface area (Å²) in [6, 6.07) is 13.2. The van der Waals surface area contributed by atoms with Gasteiger partial charge in [0.05, 0.1) is 10.0 Å². The lowest BCUT2D eigenvalue weighted by molar-refractivity contribution is -0.271. The van der Waals surface area contributed by atoms with Gasteiger partial charge in [-0.25, -0.2) is 4.79 Å². The van der Waals surface area contributed by atoms with E-state index < -0.39 is 34.9 Å². The number of likely N-dealkylation sites (tertiary alicyclic amines) is 2. The first-order chi connectivity index (χ1) is 19.1. The minimum Gasteiger partial charge on any atom is -0.444 e. The van der Waals surface area contributed by atoms with E-state index >= 15 is 0 Å². The van der Waals surface area contributed by atoms with Crippen molar-refractivity contribution in [3.05, 3.63) is 69.7 Å². The molecule has 2 heterocycles. The average Bonchev–Trinajstić information content (AvgIpc) is 2.90. The van der Waals surface area contributed by atoms with Crippen LogP contribution in [0.1, 0.15) is 57.1 Å². The van der Waals surface area contributed by atoms with E-state index in [1.165, 1.54) is 11.0 Å². The van der Waals surface area contributed by atoms with Crippen molar-refractivity contribution in [2.75, 3.05) is 33.3 Å². The van der Waals surface area contributed by atoms with E-state index in [4.69, 9.17) is 32.7 Å². The van der Waals surface area contributed by atoms with Crippen LogP contribution in [0.3, 0.4) is 0 Å². The Morgan fingerprint density at radius 2 is 1.49 bits per heavy atom. The summed E-state index contributed by atoms with van der Waals surface area (Å²) in [4.78, 5) is 29.6. The molecule has 0 N–H and O–H groups in total. The van der Waals surface area contributed by atoms with Gasteiger partial charge in [-0.15, -0.1) is 0 Å². The number of amides is 2. The Kier molecular flexibility index (Phi) is 8.94. The van der Waals surface area contributed by atoms with Gasteiger partial charge < -0.3 is 19.3 Å². The minimum atomic E-state index is -5.06. The Hall–Kier alpha value is -2.49. The first-order valence-electron chi connectivity index (χ1n) is 13.5. The Bertz CT molecular complexity index is 1260. The SMILES string of the molecule is COC(C(=O)N1CCC2(CCN(C(=O)OC(C)(C)C)CC2c2ccccc2)CC1)(c1ccc(Cl)c(Cl)c1)C(F)(F)F. The fourth-order valence-corrected chi connectivity index (χ4v) is 6.39. The highest BCUT2D eigenvalue weighted by Gasteiger charge is 2.64. The van der Waals surface area contributed by atoms with Crippen molar-refractivity contribution < 1.29 is 32.2 Å². The first kappa shape index (κ1) is 31.4. The zero-order valence-electron chi connectivity index (χ0n) is 23.6. The van der Waals surface area contributed by atoms with Crippen LogP contribution in [0.4, 0.5) is 18.0 Å². The Morgan fingerprint density at radius 3 is 2.00 bits per heavy atom. The van der Waals surface area contributed by atoms with Crippen molar-refractivity contribution in [1.29, 1.82) is 0 Å². The molecule has 1 spiro atoms. The lowest BCUT2D eigenvalue weighted by Gasteiger charge is -2.52. The number of hydrogen-bond donors (Lipinski definition) is 0. The van der Waals surface area contributed by atoms with Crippen molar-refractivity contribution in [2.24, 2.45) is 5.41 Å². The lowest BCUT2D eigenvalue weighted by Crippen LogP contribution is -2.60. The van der Waals surface area contributed by atoms with Gasteiger partial charge in [0.1, 0.15) is 5.60 Å². The molecule has 6 nitrogen and oxygen atoms in total. The maximum absolute atomic E-state index is 14.7. The van der Waals surface area contributed by atoms with Crippen molar-refractivity contribution in [3.63, 3.8) is 0 Å². The summed E-state index contributed by atoms with van der Waals surface area (Å²) < 4.78 is 54.7. The topological polar surface area (TPSA) is 59.1 Å². The number of hydrogen-bond acceptors (Lipinski definition) is 4.